The first-order valence-corrected chi connectivity index (χ1v) is 7.72. The normalized spacial score (nSPS) is 12.3. The van der Waals surface area contributed by atoms with E-state index in [0.29, 0.717) is 16.8 Å². The van der Waals surface area contributed by atoms with Crippen LogP contribution in [0.3, 0.4) is 0 Å². The Balaban J connectivity index is 1.70. The third-order valence-electron chi connectivity index (χ3n) is 3.64. The lowest BCUT2D eigenvalue weighted by molar-refractivity contribution is 0.0914. The molecule has 0 aliphatic heterocycles. The van der Waals surface area contributed by atoms with Crippen molar-refractivity contribution in [2.45, 2.75) is 26.5 Å². The van der Waals surface area contributed by atoms with Gasteiger partial charge in [0.1, 0.15) is 24.8 Å². The molecule has 0 spiro atoms. The molecule has 2 heterocycles. The Hall–Kier alpha value is -2.73. The van der Waals surface area contributed by atoms with Crippen LogP contribution in [0.5, 0.6) is 5.75 Å². The third-order valence-corrected chi connectivity index (χ3v) is 3.64. The minimum atomic E-state index is -0.820. The zero-order chi connectivity index (χ0) is 17.1. The van der Waals surface area contributed by atoms with Crippen molar-refractivity contribution in [3.05, 3.63) is 64.3 Å². The fourth-order valence-electron chi connectivity index (χ4n) is 2.62. The lowest BCUT2D eigenvalue weighted by Gasteiger charge is -2.14. The second-order valence-electron chi connectivity index (χ2n) is 5.86. The van der Waals surface area contributed by atoms with Crippen LogP contribution in [-0.2, 0) is 6.54 Å². The van der Waals surface area contributed by atoms with Crippen LogP contribution in [-0.4, -0.2) is 32.4 Å². The molecule has 0 amide bonds. The first kappa shape index (κ1) is 16.1. The highest BCUT2D eigenvalue weighted by molar-refractivity contribution is 5.72. The largest absolute Gasteiger partial charge is 0.491 e. The van der Waals surface area contributed by atoms with Gasteiger partial charge in [-0.25, -0.2) is 9.97 Å². The fraction of sp³-hybridized carbons (Fsp3) is 0.278. The van der Waals surface area contributed by atoms with E-state index >= 15 is 0 Å². The van der Waals surface area contributed by atoms with Gasteiger partial charge >= 0.3 is 0 Å². The number of benzene rings is 1. The Kier molecular flexibility index (Phi) is 4.57. The predicted molar refractivity (Wildman–Crippen MR) is 91.2 cm³/mol. The summed E-state index contributed by atoms with van der Waals surface area (Å²) < 4.78 is 7.01. The Morgan fingerprint density at radius 1 is 1.21 bits per heavy atom. The van der Waals surface area contributed by atoms with Crippen LogP contribution in [0.4, 0.5) is 0 Å². The van der Waals surface area contributed by atoms with E-state index in [-0.39, 0.29) is 18.7 Å². The number of aromatic nitrogens is 3. The molecule has 24 heavy (non-hydrogen) atoms. The van der Waals surface area contributed by atoms with Crippen LogP contribution >= 0.6 is 0 Å². The first-order valence-electron chi connectivity index (χ1n) is 7.72. The molecule has 124 valence electrons. The number of aliphatic hydroxyl groups is 1. The minimum Gasteiger partial charge on any atom is -0.491 e. The van der Waals surface area contributed by atoms with Gasteiger partial charge in [0.05, 0.1) is 11.9 Å². The lowest BCUT2D eigenvalue weighted by atomic mass is 10.1. The van der Waals surface area contributed by atoms with Crippen molar-refractivity contribution < 1.29 is 9.84 Å². The highest BCUT2D eigenvalue weighted by Gasteiger charge is 2.10. The summed E-state index contributed by atoms with van der Waals surface area (Å²) in [6.45, 7) is 4.19. The Bertz CT molecular complexity index is 901. The molecule has 0 radical (unpaired) electrons. The quantitative estimate of drug-likeness (QED) is 0.774. The van der Waals surface area contributed by atoms with Crippen molar-refractivity contribution in [1.82, 2.24) is 14.5 Å². The molecule has 0 unspecified atom stereocenters. The molecule has 0 saturated carbocycles. The second kappa shape index (κ2) is 6.80. The maximum atomic E-state index is 12.4. The molecule has 1 atom stereocenters. The Morgan fingerprint density at radius 3 is 2.71 bits per heavy atom. The molecule has 2 aromatic heterocycles. The molecule has 0 fully saturated rings. The summed E-state index contributed by atoms with van der Waals surface area (Å²) in [7, 11) is 0. The summed E-state index contributed by atoms with van der Waals surface area (Å²) in [5.41, 5.74) is 2.38. The standard InChI is InChI=1S/C18H19N3O3/c1-12-6-13(2)8-15(7-12)24-10-14(22)9-21-11-20-17-16(18(21)23)4-3-5-19-17/h3-8,11,14,22H,9-10H2,1-2H3/t14-/m0/s1. The fourth-order valence-corrected chi connectivity index (χ4v) is 2.62. The van der Waals surface area contributed by atoms with Gasteiger partial charge in [-0.2, -0.15) is 0 Å². The molecule has 1 N–H and O–H groups in total. The van der Waals surface area contributed by atoms with Crippen LogP contribution in [0.1, 0.15) is 11.1 Å². The van der Waals surface area contributed by atoms with Gasteiger partial charge < -0.3 is 9.84 Å². The number of fused-ring (bicyclic) bond motifs is 1. The van der Waals surface area contributed by atoms with E-state index in [0.717, 1.165) is 11.1 Å². The van der Waals surface area contributed by atoms with Crippen molar-refractivity contribution in [3.63, 3.8) is 0 Å². The van der Waals surface area contributed by atoms with Gasteiger partial charge in [-0.05, 0) is 49.2 Å². The van der Waals surface area contributed by atoms with E-state index in [2.05, 4.69) is 16.0 Å². The molecule has 1 aromatic carbocycles. The van der Waals surface area contributed by atoms with Gasteiger partial charge in [0, 0.05) is 6.20 Å². The van der Waals surface area contributed by atoms with E-state index in [4.69, 9.17) is 4.74 Å². The van der Waals surface area contributed by atoms with Gasteiger partial charge in [-0.15, -0.1) is 0 Å². The van der Waals surface area contributed by atoms with Crippen LogP contribution in [0.25, 0.3) is 11.0 Å². The maximum Gasteiger partial charge on any atom is 0.262 e. The number of pyridine rings is 1. The van der Waals surface area contributed by atoms with E-state index in [1.54, 1.807) is 18.3 Å². The van der Waals surface area contributed by atoms with Crippen molar-refractivity contribution in [2.75, 3.05) is 6.61 Å². The van der Waals surface area contributed by atoms with Crippen molar-refractivity contribution in [2.24, 2.45) is 0 Å². The number of nitrogens with zero attached hydrogens (tertiary/aromatic N) is 3. The van der Waals surface area contributed by atoms with E-state index < -0.39 is 6.10 Å². The molecule has 0 aliphatic rings. The summed E-state index contributed by atoms with van der Waals surface area (Å²) in [5, 5.41) is 10.6. The van der Waals surface area contributed by atoms with Crippen LogP contribution in [0.2, 0.25) is 0 Å². The number of aliphatic hydroxyl groups excluding tert-OH is 1. The van der Waals surface area contributed by atoms with E-state index in [1.807, 2.05) is 26.0 Å². The first-order chi connectivity index (χ1) is 11.5. The van der Waals surface area contributed by atoms with Gasteiger partial charge in [0.25, 0.3) is 5.56 Å². The van der Waals surface area contributed by atoms with Crippen molar-refractivity contribution in [3.8, 4) is 5.75 Å². The molecule has 3 rings (SSSR count). The van der Waals surface area contributed by atoms with E-state index in [1.165, 1.54) is 10.9 Å². The molecule has 3 aromatic rings. The number of rotatable bonds is 5. The number of hydrogen-bond acceptors (Lipinski definition) is 5. The molecular formula is C18H19N3O3. The summed E-state index contributed by atoms with van der Waals surface area (Å²) in [5.74, 6) is 0.708. The third kappa shape index (κ3) is 3.60. The molecule has 0 aliphatic carbocycles. The number of aryl methyl sites for hydroxylation is 2. The Morgan fingerprint density at radius 2 is 1.96 bits per heavy atom. The zero-order valence-corrected chi connectivity index (χ0v) is 13.6. The topological polar surface area (TPSA) is 77.2 Å². The monoisotopic (exact) mass is 325 g/mol. The minimum absolute atomic E-state index is 0.0976. The van der Waals surface area contributed by atoms with Gasteiger partial charge in [0.15, 0.2) is 5.65 Å². The average molecular weight is 325 g/mol. The molecule has 0 bridgehead atoms. The molecular weight excluding hydrogens is 306 g/mol. The maximum absolute atomic E-state index is 12.4. The van der Waals surface area contributed by atoms with Crippen molar-refractivity contribution in [1.29, 1.82) is 0 Å². The summed E-state index contributed by atoms with van der Waals surface area (Å²) in [4.78, 5) is 20.5. The van der Waals surface area contributed by atoms with Crippen LogP contribution in [0, 0.1) is 13.8 Å². The summed E-state index contributed by atoms with van der Waals surface area (Å²) in [6, 6.07) is 9.24. The average Bonchev–Trinajstić information content (AvgIpc) is 2.55. The Labute approximate surface area is 139 Å². The number of ether oxygens (including phenoxy) is 1. The lowest BCUT2D eigenvalue weighted by Crippen LogP contribution is -2.30. The van der Waals surface area contributed by atoms with Gasteiger partial charge in [0.2, 0.25) is 0 Å². The van der Waals surface area contributed by atoms with Crippen LogP contribution < -0.4 is 10.3 Å². The highest BCUT2D eigenvalue weighted by atomic mass is 16.5. The van der Waals surface area contributed by atoms with Gasteiger partial charge in [-0.1, -0.05) is 6.07 Å². The van der Waals surface area contributed by atoms with Crippen LogP contribution in [0.15, 0.2) is 47.7 Å². The SMILES string of the molecule is Cc1cc(C)cc(OC[C@@H](O)Cn2cnc3ncccc3c2=O)c1. The molecule has 6 heteroatoms. The molecule has 0 saturated heterocycles. The predicted octanol–water partition coefficient (Wildman–Crippen LogP) is 1.85. The summed E-state index contributed by atoms with van der Waals surface area (Å²) >= 11 is 0. The summed E-state index contributed by atoms with van der Waals surface area (Å²) in [6.07, 6.45) is 2.17. The van der Waals surface area contributed by atoms with Gasteiger partial charge in [-0.3, -0.25) is 9.36 Å². The van der Waals surface area contributed by atoms with E-state index in [9.17, 15) is 9.90 Å². The number of hydrogen-bond donors (Lipinski definition) is 1. The highest BCUT2D eigenvalue weighted by Crippen LogP contribution is 2.16. The second-order valence-corrected chi connectivity index (χ2v) is 5.86. The molecule has 6 nitrogen and oxygen atoms in total. The zero-order valence-electron chi connectivity index (χ0n) is 13.6. The van der Waals surface area contributed by atoms with Crippen molar-refractivity contribution >= 4 is 11.0 Å². The smallest absolute Gasteiger partial charge is 0.262 e.